The maximum Gasteiger partial charge on any atom is 0.342 e. The number of rotatable bonds is 3. The average Bonchev–Trinajstić information content (AvgIpc) is 2.99. The largest absolute Gasteiger partial charge is 0.462 e. The van der Waals surface area contributed by atoms with Gasteiger partial charge in [-0.3, -0.25) is 4.90 Å². The Morgan fingerprint density at radius 3 is 2.69 bits per heavy atom. The highest BCUT2D eigenvalue weighted by molar-refractivity contribution is 6.16. The number of esters is 1. The molecule has 0 amide bonds. The van der Waals surface area contributed by atoms with Crippen LogP contribution in [0.3, 0.4) is 0 Å². The fourth-order valence-electron chi connectivity index (χ4n) is 3.77. The van der Waals surface area contributed by atoms with Gasteiger partial charge < -0.3 is 13.9 Å². The van der Waals surface area contributed by atoms with E-state index in [0.717, 1.165) is 39.6 Å². The first-order valence-corrected chi connectivity index (χ1v) is 9.14. The Morgan fingerprint density at radius 1 is 1.27 bits per heavy atom. The SMILES string of the molecule is CCOC(=O)c1c(C)oc2c1c1c(c3ccccc32)OC[NH+](C(C)C)C1. The normalized spacial score (nSPS) is 16.7. The lowest BCUT2D eigenvalue weighted by molar-refractivity contribution is -0.952. The number of quaternary nitrogens is 1. The molecular weight excluding hydrogens is 330 g/mol. The third-order valence-electron chi connectivity index (χ3n) is 5.18. The molecule has 1 aliphatic rings. The molecule has 1 atom stereocenters. The first-order chi connectivity index (χ1) is 12.5. The van der Waals surface area contributed by atoms with Crippen molar-refractivity contribution in [2.45, 2.75) is 40.3 Å². The lowest BCUT2D eigenvalue weighted by Gasteiger charge is -2.30. The van der Waals surface area contributed by atoms with E-state index in [9.17, 15) is 4.79 Å². The van der Waals surface area contributed by atoms with E-state index in [1.54, 1.807) is 0 Å². The summed E-state index contributed by atoms with van der Waals surface area (Å²) in [7, 11) is 0. The van der Waals surface area contributed by atoms with Crippen molar-refractivity contribution in [1.82, 2.24) is 0 Å². The van der Waals surface area contributed by atoms with E-state index in [1.807, 2.05) is 32.0 Å². The van der Waals surface area contributed by atoms with Crippen LogP contribution in [-0.2, 0) is 11.3 Å². The lowest BCUT2D eigenvalue weighted by Crippen LogP contribution is -3.15. The molecule has 0 saturated carbocycles. The van der Waals surface area contributed by atoms with Crippen LogP contribution in [0, 0.1) is 6.92 Å². The highest BCUT2D eigenvalue weighted by Gasteiger charge is 2.32. The van der Waals surface area contributed by atoms with Crippen LogP contribution in [0.5, 0.6) is 5.75 Å². The molecule has 3 aromatic rings. The van der Waals surface area contributed by atoms with Gasteiger partial charge in [0.2, 0.25) is 6.73 Å². The Balaban J connectivity index is 2.08. The van der Waals surface area contributed by atoms with Crippen molar-refractivity contribution < 1.29 is 23.6 Å². The smallest absolute Gasteiger partial charge is 0.342 e. The first kappa shape index (κ1) is 16.9. The second-order valence-corrected chi connectivity index (χ2v) is 7.09. The summed E-state index contributed by atoms with van der Waals surface area (Å²) >= 11 is 0. The maximum absolute atomic E-state index is 12.6. The number of hydrogen-bond acceptors (Lipinski definition) is 4. The third kappa shape index (κ3) is 2.46. The minimum atomic E-state index is -0.335. The minimum absolute atomic E-state index is 0.334. The molecule has 2 heterocycles. The standard InChI is InChI=1S/C21H23NO4/c1-5-24-21(23)17-13(4)26-20-15-9-7-6-8-14(15)19-16(18(17)20)10-22(11-25-19)12(2)3/h6-9,12H,5,10-11H2,1-4H3/p+1. The molecule has 1 unspecified atom stereocenters. The van der Waals surface area contributed by atoms with Crippen LogP contribution in [-0.4, -0.2) is 25.3 Å². The summed E-state index contributed by atoms with van der Waals surface area (Å²) in [6.07, 6.45) is 0. The zero-order valence-electron chi connectivity index (χ0n) is 15.6. The molecule has 2 aromatic carbocycles. The lowest BCUT2D eigenvalue weighted by atomic mass is 9.96. The van der Waals surface area contributed by atoms with E-state index < -0.39 is 0 Å². The average molecular weight is 354 g/mol. The Hall–Kier alpha value is -2.53. The van der Waals surface area contributed by atoms with E-state index in [-0.39, 0.29) is 5.97 Å². The van der Waals surface area contributed by atoms with Gasteiger partial charge in [-0.15, -0.1) is 0 Å². The molecule has 0 spiro atoms. The van der Waals surface area contributed by atoms with Gasteiger partial charge in [-0.25, -0.2) is 4.79 Å². The van der Waals surface area contributed by atoms with Crippen LogP contribution in [0.2, 0.25) is 0 Å². The number of carbonyl (C=O) groups is 1. The summed E-state index contributed by atoms with van der Waals surface area (Å²) in [6, 6.07) is 8.46. The van der Waals surface area contributed by atoms with Crippen LogP contribution in [0.15, 0.2) is 28.7 Å². The van der Waals surface area contributed by atoms with Crippen molar-refractivity contribution in [2.24, 2.45) is 0 Å². The van der Waals surface area contributed by atoms with Crippen LogP contribution < -0.4 is 9.64 Å². The number of benzene rings is 2. The molecule has 1 aliphatic heterocycles. The van der Waals surface area contributed by atoms with Gasteiger partial charge in [0.05, 0.1) is 18.2 Å². The highest BCUT2D eigenvalue weighted by Crippen LogP contribution is 2.42. The first-order valence-electron chi connectivity index (χ1n) is 9.14. The molecule has 1 N–H and O–H groups in total. The van der Waals surface area contributed by atoms with Crippen LogP contribution >= 0.6 is 0 Å². The van der Waals surface area contributed by atoms with Gasteiger partial charge in [-0.2, -0.15) is 0 Å². The van der Waals surface area contributed by atoms with E-state index in [2.05, 4.69) is 19.9 Å². The van der Waals surface area contributed by atoms with Crippen molar-refractivity contribution in [2.75, 3.05) is 13.3 Å². The number of aryl methyl sites for hydroxylation is 1. The molecule has 26 heavy (non-hydrogen) atoms. The molecule has 5 heteroatoms. The fraction of sp³-hybridized carbons (Fsp3) is 0.381. The van der Waals surface area contributed by atoms with Gasteiger partial charge in [-0.05, 0) is 27.7 Å². The zero-order valence-corrected chi connectivity index (χ0v) is 15.6. The van der Waals surface area contributed by atoms with Gasteiger partial charge in [0.25, 0.3) is 0 Å². The molecule has 0 fully saturated rings. The number of furan rings is 1. The van der Waals surface area contributed by atoms with Crippen LogP contribution in [0.1, 0.15) is 42.5 Å². The number of ether oxygens (including phenoxy) is 2. The highest BCUT2D eigenvalue weighted by atomic mass is 16.5. The second kappa shape index (κ2) is 6.32. The Kier molecular flexibility index (Phi) is 4.11. The number of carbonyl (C=O) groups excluding carboxylic acids is 1. The number of fused-ring (bicyclic) bond motifs is 6. The van der Waals surface area contributed by atoms with Crippen molar-refractivity contribution in [3.8, 4) is 5.75 Å². The fourth-order valence-corrected chi connectivity index (χ4v) is 3.77. The van der Waals surface area contributed by atoms with Crippen LogP contribution in [0.25, 0.3) is 21.7 Å². The Bertz CT molecular complexity index is 1000. The summed E-state index contributed by atoms with van der Waals surface area (Å²) in [5, 5.41) is 2.84. The van der Waals surface area contributed by atoms with Crippen molar-refractivity contribution in [1.29, 1.82) is 0 Å². The predicted octanol–water partition coefficient (Wildman–Crippen LogP) is 3.21. The second-order valence-electron chi connectivity index (χ2n) is 7.09. The van der Waals surface area contributed by atoms with E-state index in [1.165, 1.54) is 4.90 Å². The number of nitrogens with one attached hydrogen (secondary N) is 1. The molecule has 136 valence electrons. The quantitative estimate of drug-likeness (QED) is 0.734. The summed E-state index contributed by atoms with van der Waals surface area (Å²) in [5.74, 6) is 1.12. The Labute approximate surface area is 152 Å². The van der Waals surface area contributed by atoms with E-state index in [4.69, 9.17) is 13.9 Å². The van der Waals surface area contributed by atoms with Gasteiger partial charge in [0.15, 0.2) is 0 Å². The molecule has 4 rings (SSSR count). The molecular formula is C21H24NO4+. The van der Waals surface area contributed by atoms with Crippen molar-refractivity contribution in [3.05, 3.63) is 41.2 Å². The molecule has 5 nitrogen and oxygen atoms in total. The maximum atomic E-state index is 12.6. The molecule has 0 radical (unpaired) electrons. The van der Waals surface area contributed by atoms with Gasteiger partial charge in [-0.1, -0.05) is 24.3 Å². The summed E-state index contributed by atoms with van der Waals surface area (Å²) < 4.78 is 17.6. The summed E-state index contributed by atoms with van der Waals surface area (Å²) in [5.41, 5.74) is 2.31. The Morgan fingerprint density at radius 2 is 2.00 bits per heavy atom. The predicted molar refractivity (Wildman–Crippen MR) is 99.7 cm³/mol. The summed E-state index contributed by atoms with van der Waals surface area (Å²) in [4.78, 5) is 14.0. The molecule has 0 saturated heterocycles. The zero-order chi connectivity index (χ0) is 18.4. The molecule has 0 aliphatic carbocycles. The van der Waals surface area contributed by atoms with Crippen molar-refractivity contribution >= 4 is 27.7 Å². The minimum Gasteiger partial charge on any atom is -0.462 e. The van der Waals surface area contributed by atoms with E-state index in [0.29, 0.717) is 30.7 Å². The van der Waals surface area contributed by atoms with Gasteiger partial charge in [0, 0.05) is 16.2 Å². The third-order valence-corrected chi connectivity index (χ3v) is 5.18. The van der Waals surface area contributed by atoms with Crippen molar-refractivity contribution in [3.63, 3.8) is 0 Å². The van der Waals surface area contributed by atoms with Crippen LogP contribution in [0.4, 0.5) is 0 Å². The topological polar surface area (TPSA) is 53.1 Å². The molecule has 1 aromatic heterocycles. The molecule has 0 bridgehead atoms. The van der Waals surface area contributed by atoms with Gasteiger partial charge in [0.1, 0.15) is 29.2 Å². The summed E-state index contributed by atoms with van der Waals surface area (Å²) in [6.45, 7) is 9.73. The van der Waals surface area contributed by atoms with Gasteiger partial charge >= 0.3 is 5.97 Å². The number of hydrogen-bond donors (Lipinski definition) is 1. The monoisotopic (exact) mass is 354 g/mol. The van der Waals surface area contributed by atoms with E-state index >= 15 is 0 Å².